The summed E-state index contributed by atoms with van der Waals surface area (Å²) in [7, 11) is 0. The van der Waals surface area contributed by atoms with Gasteiger partial charge in [-0.25, -0.2) is 0 Å². The summed E-state index contributed by atoms with van der Waals surface area (Å²) in [5.41, 5.74) is -0.484. The molecule has 4 fully saturated rings. The lowest BCUT2D eigenvalue weighted by atomic mass is 9.44. The topological polar surface area (TPSA) is 68.3 Å². The van der Waals surface area contributed by atoms with E-state index in [1.807, 2.05) is 0 Å². The van der Waals surface area contributed by atoms with Crippen molar-refractivity contribution in [1.82, 2.24) is 0 Å². The van der Waals surface area contributed by atoms with Gasteiger partial charge in [0.15, 0.2) is 0 Å². The van der Waals surface area contributed by atoms with Crippen LogP contribution in [0.1, 0.15) is 85.5 Å². The Bertz CT molecular complexity index is 754. The molecule has 0 bridgehead atoms. The first-order valence-electron chi connectivity index (χ1n) is 11.7. The van der Waals surface area contributed by atoms with Crippen LogP contribution in [0.2, 0.25) is 0 Å². The van der Waals surface area contributed by atoms with E-state index in [0.717, 1.165) is 25.7 Å². The average Bonchev–Trinajstić information content (AvgIpc) is 3.01. The van der Waals surface area contributed by atoms with Crippen LogP contribution in [0.3, 0.4) is 0 Å². The van der Waals surface area contributed by atoms with Crippen LogP contribution < -0.4 is 0 Å². The van der Waals surface area contributed by atoms with Crippen molar-refractivity contribution in [2.45, 2.75) is 85.5 Å². The van der Waals surface area contributed by atoms with Crippen molar-refractivity contribution in [2.75, 3.05) is 0 Å². The molecule has 4 aliphatic carbocycles. The molecule has 0 aromatic heterocycles. The Morgan fingerprint density at radius 3 is 2.48 bits per heavy atom. The van der Waals surface area contributed by atoms with Crippen molar-refractivity contribution < 1.29 is 19.2 Å². The second-order valence-electron chi connectivity index (χ2n) is 11.2. The Morgan fingerprint density at radius 2 is 1.79 bits per heavy atom. The molecule has 4 saturated carbocycles. The van der Waals surface area contributed by atoms with E-state index in [1.165, 1.54) is 0 Å². The van der Waals surface area contributed by atoms with E-state index < -0.39 is 5.41 Å². The molecule has 0 saturated heterocycles. The highest BCUT2D eigenvalue weighted by Crippen LogP contribution is 2.66. The molecule has 0 aliphatic heterocycles. The summed E-state index contributed by atoms with van der Waals surface area (Å²) in [5, 5.41) is 0. The lowest BCUT2D eigenvalue weighted by Crippen LogP contribution is -2.60. The van der Waals surface area contributed by atoms with Gasteiger partial charge in [0.05, 0.1) is 0 Å². The number of hydrogen-bond acceptors (Lipinski definition) is 4. The number of carbonyl (C=O) groups is 4. The van der Waals surface area contributed by atoms with E-state index in [-0.39, 0.29) is 46.6 Å². The molecule has 4 nitrogen and oxygen atoms in total. The predicted octanol–water partition coefficient (Wildman–Crippen LogP) is 4.58. The van der Waals surface area contributed by atoms with Gasteiger partial charge in [-0.05, 0) is 67.6 Å². The molecule has 8 atom stereocenters. The Morgan fingerprint density at radius 1 is 1.07 bits per heavy atom. The molecule has 0 radical (unpaired) electrons. The maximum absolute atomic E-state index is 13.6. The predicted molar refractivity (Wildman–Crippen MR) is 110 cm³/mol. The van der Waals surface area contributed by atoms with Crippen LogP contribution in [0.25, 0.3) is 0 Å². The fourth-order valence-electron chi connectivity index (χ4n) is 8.02. The molecule has 8 unspecified atom stereocenters. The van der Waals surface area contributed by atoms with Crippen LogP contribution in [0.4, 0.5) is 0 Å². The van der Waals surface area contributed by atoms with E-state index in [2.05, 4.69) is 20.8 Å². The lowest BCUT2D eigenvalue weighted by molar-refractivity contribution is -0.166. The molecule has 0 heterocycles. The fraction of sp³-hybridized carbons (Fsp3) is 0.840. The number of Topliss-reactive ketones (excluding diaryl/α,β-unsaturated/α-hetero) is 4. The zero-order chi connectivity index (χ0) is 21.1. The molecule has 160 valence electrons. The van der Waals surface area contributed by atoms with Gasteiger partial charge in [0.25, 0.3) is 0 Å². The van der Waals surface area contributed by atoms with Crippen molar-refractivity contribution in [3.8, 4) is 0 Å². The molecule has 4 rings (SSSR count). The van der Waals surface area contributed by atoms with Gasteiger partial charge in [-0.1, -0.05) is 20.8 Å². The second kappa shape index (κ2) is 7.13. The van der Waals surface area contributed by atoms with Gasteiger partial charge in [0.2, 0.25) is 0 Å². The first-order valence-corrected chi connectivity index (χ1v) is 11.7. The van der Waals surface area contributed by atoms with Crippen LogP contribution in [-0.4, -0.2) is 23.1 Å². The van der Waals surface area contributed by atoms with Gasteiger partial charge in [-0.15, -0.1) is 0 Å². The minimum Gasteiger partial charge on any atom is -0.300 e. The third kappa shape index (κ3) is 3.08. The van der Waals surface area contributed by atoms with Gasteiger partial charge < -0.3 is 4.79 Å². The Hall–Kier alpha value is -1.32. The van der Waals surface area contributed by atoms with Crippen LogP contribution in [0, 0.1) is 46.3 Å². The highest BCUT2D eigenvalue weighted by molar-refractivity contribution is 5.93. The normalized spacial score (nSPS) is 45.4. The molecular weight excluding hydrogens is 364 g/mol. The molecule has 0 aromatic rings. The molecule has 29 heavy (non-hydrogen) atoms. The molecule has 0 aromatic carbocycles. The molecular formula is C25H36O4. The fourth-order valence-corrected chi connectivity index (χ4v) is 8.02. The first-order chi connectivity index (χ1) is 13.6. The third-order valence-corrected chi connectivity index (χ3v) is 9.86. The SMILES string of the molecule is CC(=O)CCC(C)C1CCC2C3C(=O)CC4CC(=O)CCC4(C)C3CC(=O)C12C. The minimum absolute atomic E-state index is 0.0165. The van der Waals surface area contributed by atoms with Gasteiger partial charge in [0.1, 0.15) is 23.1 Å². The van der Waals surface area contributed by atoms with Crippen molar-refractivity contribution >= 4 is 23.1 Å². The number of hydrogen-bond donors (Lipinski definition) is 0. The quantitative estimate of drug-likeness (QED) is 0.693. The maximum atomic E-state index is 13.6. The van der Waals surface area contributed by atoms with E-state index in [0.29, 0.717) is 49.6 Å². The smallest absolute Gasteiger partial charge is 0.139 e. The van der Waals surface area contributed by atoms with Crippen LogP contribution in [0.15, 0.2) is 0 Å². The van der Waals surface area contributed by atoms with E-state index in [1.54, 1.807) is 6.92 Å². The molecule has 4 heteroatoms. The Labute approximate surface area is 174 Å². The van der Waals surface area contributed by atoms with Crippen LogP contribution in [0.5, 0.6) is 0 Å². The summed E-state index contributed by atoms with van der Waals surface area (Å²) in [6.45, 7) is 8.21. The summed E-state index contributed by atoms with van der Waals surface area (Å²) in [6, 6.07) is 0. The Balaban J connectivity index is 1.63. The first kappa shape index (κ1) is 20.9. The van der Waals surface area contributed by atoms with Crippen molar-refractivity contribution in [3.63, 3.8) is 0 Å². The number of ketones is 4. The number of carbonyl (C=O) groups excluding carboxylic acids is 4. The van der Waals surface area contributed by atoms with E-state index in [4.69, 9.17) is 0 Å². The van der Waals surface area contributed by atoms with Crippen LogP contribution >= 0.6 is 0 Å². The summed E-state index contributed by atoms with van der Waals surface area (Å²) in [4.78, 5) is 50.5. The molecule has 4 aliphatic rings. The Kier molecular flexibility index (Phi) is 5.15. The van der Waals surface area contributed by atoms with Gasteiger partial charge in [0, 0.05) is 43.4 Å². The summed E-state index contributed by atoms with van der Waals surface area (Å²) < 4.78 is 0. The second-order valence-corrected chi connectivity index (χ2v) is 11.2. The van der Waals surface area contributed by atoms with Gasteiger partial charge >= 0.3 is 0 Å². The van der Waals surface area contributed by atoms with Crippen LogP contribution in [-0.2, 0) is 19.2 Å². The minimum atomic E-state index is -0.430. The summed E-state index contributed by atoms with van der Waals surface area (Å²) >= 11 is 0. The maximum Gasteiger partial charge on any atom is 0.139 e. The van der Waals surface area contributed by atoms with Crippen molar-refractivity contribution in [2.24, 2.45) is 46.3 Å². The summed E-state index contributed by atoms with van der Waals surface area (Å²) in [6.07, 6.45) is 6.32. The largest absolute Gasteiger partial charge is 0.300 e. The van der Waals surface area contributed by atoms with Gasteiger partial charge in [-0.2, -0.15) is 0 Å². The summed E-state index contributed by atoms with van der Waals surface area (Å²) in [5.74, 6) is 2.10. The van der Waals surface area contributed by atoms with Crippen molar-refractivity contribution in [1.29, 1.82) is 0 Å². The molecule has 0 N–H and O–H groups in total. The standard InChI is InChI=1S/C25H36O4/c1-14(5-6-15(2)26)18-7-8-19-23-20(13-22(29)25(18,19)4)24(3)10-9-17(27)11-16(24)12-21(23)28/h14,16,18-20,23H,5-13H2,1-4H3. The average molecular weight is 401 g/mol. The number of rotatable bonds is 4. The van der Waals surface area contributed by atoms with Crippen molar-refractivity contribution in [3.05, 3.63) is 0 Å². The van der Waals surface area contributed by atoms with Gasteiger partial charge in [-0.3, -0.25) is 14.4 Å². The zero-order valence-electron chi connectivity index (χ0n) is 18.5. The monoisotopic (exact) mass is 400 g/mol. The molecule has 0 amide bonds. The molecule has 0 spiro atoms. The zero-order valence-corrected chi connectivity index (χ0v) is 18.5. The van der Waals surface area contributed by atoms with E-state index in [9.17, 15) is 19.2 Å². The van der Waals surface area contributed by atoms with E-state index >= 15 is 0 Å². The number of fused-ring (bicyclic) bond motifs is 5. The highest BCUT2D eigenvalue weighted by atomic mass is 16.1. The highest BCUT2D eigenvalue weighted by Gasteiger charge is 2.66. The third-order valence-electron chi connectivity index (χ3n) is 9.86. The lowest BCUT2D eigenvalue weighted by Gasteiger charge is -2.58.